The first-order chi connectivity index (χ1) is 24.0. The van der Waals surface area contributed by atoms with Crippen molar-refractivity contribution >= 4 is 60.5 Å². The van der Waals surface area contributed by atoms with E-state index >= 15 is 0 Å². The summed E-state index contributed by atoms with van der Waals surface area (Å²) >= 11 is 0. The van der Waals surface area contributed by atoms with Gasteiger partial charge in [0.2, 0.25) is 0 Å². The van der Waals surface area contributed by atoms with Crippen LogP contribution in [0.3, 0.4) is 0 Å². The van der Waals surface area contributed by atoms with Gasteiger partial charge < -0.3 is 9.32 Å². The first kappa shape index (κ1) is 27.9. The molecule has 232 valence electrons. The molecule has 8 aromatic carbocycles. The van der Waals surface area contributed by atoms with Crippen LogP contribution in [-0.2, 0) is 5.41 Å². The number of hydrogen-bond donors (Lipinski definition) is 0. The van der Waals surface area contributed by atoms with E-state index in [1.54, 1.807) is 0 Å². The van der Waals surface area contributed by atoms with Gasteiger partial charge in [0.1, 0.15) is 11.2 Å². The van der Waals surface area contributed by atoms with Crippen molar-refractivity contribution in [3.63, 3.8) is 0 Å². The van der Waals surface area contributed by atoms with Gasteiger partial charge in [-0.15, -0.1) is 0 Å². The fourth-order valence-corrected chi connectivity index (χ4v) is 8.11. The number of furan rings is 1. The van der Waals surface area contributed by atoms with E-state index < -0.39 is 0 Å². The SMILES string of the molecule is CC1(C)c2ccccc2-c2ccc(N(c3ccc(-c4ccccc4)cc3)c3ccc4ccc5cc6oc7ccccc7c6cc5c4c3)cc21. The van der Waals surface area contributed by atoms with Gasteiger partial charge in [-0.05, 0) is 110 Å². The van der Waals surface area contributed by atoms with Crippen molar-refractivity contribution in [2.24, 2.45) is 0 Å². The molecule has 0 fully saturated rings. The molecule has 1 aromatic heterocycles. The van der Waals surface area contributed by atoms with Crippen molar-refractivity contribution in [3.8, 4) is 22.3 Å². The van der Waals surface area contributed by atoms with Crippen LogP contribution in [0.15, 0.2) is 168 Å². The van der Waals surface area contributed by atoms with E-state index in [9.17, 15) is 0 Å². The highest BCUT2D eigenvalue weighted by Crippen LogP contribution is 2.51. The maximum atomic E-state index is 6.26. The molecule has 0 bridgehead atoms. The average Bonchev–Trinajstić information content (AvgIpc) is 3.62. The minimum Gasteiger partial charge on any atom is -0.456 e. The summed E-state index contributed by atoms with van der Waals surface area (Å²) < 4.78 is 6.26. The monoisotopic (exact) mass is 627 g/mol. The third kappa shape index (κ3) is 4.27. The smallest absolute Gasteiger partial charge is 0.136 e. The normalized spacial score (nSPS) is 13.3. The van der Waals surface area contributed by atoms with Crippen LogP contribution in [0.4, 0.5) is 17.1 Å². The number of anilines is 3. The lowest BCUT2D eigenvalue weighted by Gasteiger charge is -2.28. The zero-order valence-corrected chi connectivity index (χ0v) is 27.4. The van der Waals surface area contributed by atoms with Gasteiger partial charge >= 0.3 is 0 Å². The van der Waals surface area contributed by atoms with Crippen LogP contribution < -0.4 is 4.90 Å². The van der Waals surface area contributed by atoms with E-state index in [4.69, 9.17) is 4.42 Å². The molecule has 2 nitrogen and oxygen atoms in total. The van der Waals surface area contributed by atoms with E-state index in [1.807, 2.05) is 12.1 Å². The van der Waals surface area contributed by atoms with Gasteiger partial charge in [-0.2, -0.15) is 0 Å². The van der Waals surface area contributed by atoms with E-state index in [1.165, 1.54) is 54.9 Å². The Morgan fingerprint density at radius 2 is 1.04 bits per heavy atom. The standard InChI is InChI=1S/C47H33NO/c1-47(2)43-14-8-6-12-37(43)38-25-24-36(28-44(38)47)48(34-21-18-31(19-22-34)30-10-4-3-5-11-30)35-23-20-32-16-17-33-26-46-42(29-41(33)40(32)27-35)39-13-7-9-15-45(39)49-46/h3-29H,1-2H3. The van der Waals surface area contributed by atoms with Crippen LogP contribution in [-0.4, -0.2) is 0 Å². The van der Waals surface area contributed by atoms with E-state index in [2.05, 4.69) is 170 Å². The maximum Gasteiger partial charge on any atom is 0.136 e. The number of benzene rings is 8. The van der Waals surface area contributed by atoms with Crippen LogP contribution in [0, 0.1) is 0 Å². The second-order valence-corrected chi connectivity index (χ2v) is 13.8. The highest BCUT2D eigenvalue weighted by Gasteiger charge is 2.35. The Morgan fingerprint density at radius 1 is 0.408 bits per heavy atom. The molecule has 49 heavy (non-hydrogen) atoms. The topological polar surface area (TPSA) is 16.4 Å². The molecule has 0 saturated carbocycles. The molecule has 0 saturated heterocycles. The molecule has 1 heterocycles. The van der Waals surface area contributed by atoms with Gasteiger partial charge in [-0.3, -0.25) is 0 Å². The third-order valence-corrected chi connectivity index (χ3v) is 10.6. The Bertz CT molecular complexity index is 2730. The van der Waals surface area contributed by atoms with E-state index in [0.717, 1.165) is 39.0 Å². The third-order valence-electron chi connectivity index (χ3n) is 10.6. The quantitative estimate of drug-likeness (QED) is 0.181. The Kier molecular flexibility index (Phi) is 5.95. The molecule has 0 N–H and O–H groups in total. The molecule has 0 amide bonds. The summed E-state index contributed by atoms with van der Waals surface area (Å²) in [6.07, 6.45) is 0. The number of nitrogens with zero attached hydrogens (tertiary/aromatic N) is 1. The second kappa shape index (κ2) is 10.4. The van der Waals surface area contributed by atoms with Crippen molar-refractivity contribution in [2.75, 3.05) is 4.90 Å². The first-order valence-corrected chi connectivity index (χ1v) is 17.0. The summed E-state index contributed by atoms with van der Waals surface area (Å²) in [6.45, 7) is 4.70. The zero-order valence-electron chi connectivity index (χ0n) is 27.4. The number of fused-ring (bicyclic) bond motifs is 9. The highest BCUT2D eigenvalue weighted by atomic mass is 16.3. The predicted octanol–water partition coefficient (Wildman–Crippen LogP) is 13.3. The molecular weight excluding hydrogens is 595 g/mol. The fourth-order valence-electron chi connectivity index (χ4n) is 8.11. The van der Waals surface area contributed by atoms with Crippen LogP contribution >= 0.6 is 0 Å². The molecule has 0 unspecified atom stereocenters. The molecule has 0 spiro atoms. The predicted molar refractivity (Wildman–Crippen MR) is 206 cm³/mol. The first-order valence-electron chi connectivity index (χ1n) is 17.0. The number of hydrogen-bond acceptors (Lipinski definition) is 2. The number of rotatable bonds is 4. The molecular formula is C47H33NO. The summed E-state index contributed by atoms with van der Waals surface area (Å²) in [4.78, 5) is 2.41. The average molecular weight is 628 g/mol. The Labute approximate surface area is 285 Å². The minimum atomic E-state index is -0.0941. The van der Waals surface area contributed by atoms with Crippen LogP contribution in [0.2, 0.25) is 0 Å². The van der Waals surface area contributed by atoms with Crippen molar-refractivity contribution in [3.05, 3.63) is 175 Å². The Balaban J connectivity index is 1.18. The molecule has 1 aliphatic carbocycles. The molecule has 0 aliphatic heterocycles. The Morgan fingerprint density at radius 3 is 1.92 bits per heavy atom. The molecule has 1 aliphatic rings. The number of para-hydroxylation sites is 1. The summed E-state index contributed by atoms with van der Waals surface area (Å²) in [5.41, 5.74) is 13.0. The lowest BCUT2D eigenvalue weighted by molar-refractivity contribution is 0.660. The van der Waals surface area contributed by atoms with E-state index in [0.29, 0.717) is 0 Å². The van der Waals surface area contributed by atoms with Gasteiger partial charge in [-0.1, -0.05) is 123 Å². The van der Waals surface area contributed by atoms with E-state index in [-0.39, 0.29) is 5.41 Å². The van der Waals surface area contributed by atoms with Gasteiger partial charge in [0.05, 0.1) is 0 Å². The van der Waals surface area contributed by atoms with Crippen molar-refractivity contribution in [2.45, 2.75) is 19.3 Å². The molecule has 10 rings (SSSR count). The molecule has 0 atom stereocenters. The van der Waals surface area contributed by atoms with Gasteiger partial charge in [-0.25, -0.2) is 0 Å². The zero-order chi connectivity index (χ0) is 32.7. The van der Waals surface area contributed by atoms with Crippen molar-refractivity contribution in [1.82, 2.24) is 0 Å². The molecule has 0 radical (unpaired) electrons. The summed E-state index contributed by atoms with van der Waals surface area (Å²) in [7, 11) is 0. The fraction of sp³-hybridized carbons (Fsp3) is 0.0638. The lowest BCUT2D eigenvalue weighted by atomic mass is 9.82. The van der Waals surface area contributed by atoms with Crippen LogP contribution in [0.5, 0.6) is 0 Å². The molecule has 9 aromatic rings. The second-order valence-electron chi connectivity index (χ2n) is 13.8. The van der Waals surface area contributed by atoms with Gasteiger partial charge in [0, 0.05) is 33.2 Å². The van der Waals surface area contributed by atoms with Crippen LogP contribution in [0.25, 0.3) is 65.7 Å². The maximum absolute atomic E-state index is 6.26. The minimum absolute atomic E-state index is 0.0941. The highest BCUT2D eigenvalue weighted by molar-refractivity contribution is 6.17. The Hall–Kier alpha value is -6.12. The lowest BCUT2D eigenvalue weighted by Crippen LogP contribution is -2.16. The van der Waals surface area contributed by atoms with Crippen molar-refractivity contribution in [1.29, 1.82) is 0 Å². The van der Waals surface area contributed by atoms with Gasteiger partial charge in [0.15, 0.2) is 0 Å². The van der Waals surface area contributed by atoms with Gasteiger partial charge in [0.25, 0.3) is 0 Å². The summed E-state index contributed by atoms with van der Waals surface area (Å²) in [5.74, 6) is 0. The summed E-state index contributed by atoms with van der Waals surface area (Å²) in [5, 5.41) is 7.13. The van der Waals surface area contributed by atoms with Crippen molar-refractivity contribution < 1.29 is 4.42 Å². The van der Waals surface area contributed by atoms with Crippen LogP contribution in [0.1, 0.15) is 25.0 Å². The largest absolute Gasteiger partial charge is 0.456 e. The molecule has 2 heteroatoms. The summed E-state index contributed by atoms with van der Waals surface area (Å²) in [6, 6.07) is 59.6.